The molecule has 154 valence electrons. The van der Waals surface area contributed by atoms with Crippen LogP contribution in [0.25, 0.3) is 5.57 Å². The zero-order chi connectivity index (χ0) is 21.2. The number of likely N-dealkylation sites (N-methyl/N-ethyl adjacent to an activating group) is 2. The van der Waals surface area contributed by atoms with Gasteiger partial charge in [0.15, 0.2) is 0 Å². The molecule has 1 unspecified atom stereocenters. The Morgan fingerprint density at radius 3 is 2.62 bits per heavy atom. The monoisotopic (exact) mass is 400 g/mol. The molecule has 5 heteroatoms. The lowest BCUT2D eigenvalue weighted by atomic mass is 9.91. The number of nitrogens with zero attached hydrogens (tertiary/aromatic N) is 2. The van der Waals surface area contributed by atoms with Gasteiger partial charge in [-0.25, -0.2) is 0 Å². The highest BCUT2D eigenvalue weighted by atomic mass is 19.4. The molecular weight excluding hydrogens is 373 g/mol. The van der Waals surface area contributed by atoms with E-state index in [1.807, 2.05) is 27.0 Å². The molecule has 2 heterocycles. The largest absolute Gasteiger partial charge is 0.416 e. The number of hydrogen-bond acceptors (Lipinski definition) is 2. The van der Waals surface area contributed by atoms with E-state index in [1.165, 1.54) is 12.1 Å². The predicted molar refractivity (Wildman–Crippen MR) is 113 cm³/mol. The summed E-state index contributed by atoms with van der Waals surface area (Å²) in [6.45, 7) is 4.82. The van der Waals surface area contributed by atoms with Gasteiger partial charge in [0.05, 0.1) is 23.0 Å². The van der Waals surface area contributed by atoms with Gasteiger partial charge in [-0.2, -0.15) is 13.2 Å². The third-order valence-electron chi connectivity index (χ3n) is 5.47. The van der Waals surface area contributed by atoms with Gasteiger partial charge in [-0.05, 0) is 54.3 Å². The third kappa shape index (κ3) is 4.34. The maximum atomic E-state index is 13.2. The quantitative estimate of drug-likeness (QED) is 0.570. The van der Waals surface area contributed by atoms with Crippen molar-refractivity contribution in [3.63, 3.8) is 0 Å². The van der Waals surface area contributed by atoms with E-state index in [4.69, 9.17) is 0 Å². The van der Waals surface area contributed by atoms with E-state index in [0.29, 0.717) is 5.56 Å². The number of allylic oxidation sites excluding steroid dienone is 4. The molecule has 0 spiro atoms. The van der Waals surface area contributed by atoms with E-state index >= 15 is 0 Å². The van der Waals surface area contributed by atoms with Crippen LogP contribution in [0.5, 0.6) is 0 Å². The van der Waals surface area contributed by atoms with Crippen LogP contribution >= 0.6 is 0 Å². The lowest BCUT2D eigenvalue weighted by Gasteiger charge is -2.39. The Kier molecular flexibility index (Phi) is 6.06. The van der Waals surface area contributed by atoms with Crippen LogP contribution in [0.2, 0.25) is 0 Å². The highest BCUT2D eigenvalue weighted by Gasteiger charge is 2.31. The Hall–Kier alpha value is -2.69. The van der Waals surface area contributed by atoms with Crippen molar-refractivity contribution in [1.82, 2.24) is 9.80 Å². The molecular formula is C24H27F3N2. The second-order valence-electron chi connectivity index (χ2n) is 7.44. The molecule has 2 nitrogen and oxygen atoms in total. The molecule has 1 aromatic carbocycles. The van der Waals surface area contributed by atoms with Gasteiger partial charge in [0.25, 0.3) is 0 Å². The first-order valence-corrected chi connectivity index (χ1v) is 9.82. The van der Waals surface area contributed by atoms with Crippen LogP contribution in [-0.2, 0) is 6.18 Å². The number of alkyl halides is 3. The van der Waals surface area contributed by atoms with Crippen LogP contribution in [-0.4, -0.2) is 36.5 Å². The second kappa shape index (κ2) is 8.36. The van der Waals surface area contributed by atoms with Crippen molar-refractivity contribution in [2.24, 2.45) is 0 Å². The Labute approximate surface area is 171 Å². The average Bonchev–Trinajstić information content (AvgIpc) is 2.69. The maximum absolute atomic E-state index is 13.2. The van der Waals surface area contributed by atoms with Crippen LogP contribution in [0.4, 0.5) is 13.2 Å². The lowest BCUT2D eigenvalue weighted by Crippen LogP contribution is -2.37. The first kappa shape index (κ1) is 21.0. The minimum absolute atomic E-state index is 0.0535. The van der Waals surface area contributed by atoms with Gasteiger partial charge in [-0.1, -0.05) is 43.4 Å². The van der Waals surface area contributed by atoms with Crippen molar-refractivity contribution < 1.29 is 13.2 Å². The Bertz CT molecular complexity index is 916. The summed E-state index contributed by atoms with van der Waals surface area (Å²) in [5.74, 6) is 0. The van der Waals surface area contributed by atoms with Gasteiger partial charge in [0, 0.05) is 20.6 Å². The van der Waals surface area contributed by atoms with Crippen molar-refractivity contribution in [3.05, 3.63) is 88.8 Å². The highest BCUT2D eigenvalue weighted by molar-refractivity contribution is 5.72. The first-order chi connectivity index (χ1) is 13.7. The summed E-state index contributed by atoms with van der Waals surface area (Å²) in [6, 6.07) is 5.52. The molecule has 0 radical (unpaired) electrons. The molecule has 0 fully saturated rings. The predicted octanol–water partition coefficient (Wildman–Crippen LogP) is 6.03. The molecule has 0 N–H and O–H groups in total. The van der Waals surface area contributed by atoms with Gasteiger partial charge < -0.3 is 9.80 Å². The van der Waals surface area contributed by atoms with E-state index in [-0.39, 0.29) is 6.04 Å². The number of rotatable bonds is 4. The van der Waals surface area contributed by atoms with Crippen LogP contribution in [0.15, 0.2) is 77.7 Å². The number of halogens is 3. The minimum atomic E-state index is -4.35. The molecule has 2 aliphatic heterocycles. The standard InChI is InChI=1S/C24H27F3N2/c1-5-6-11-20(17(2)18-9-7-10-19(16-18)24(25,26)27)21-13-14-22-23(29(21)4)12-8-15-28(22)3/h6-14,16,21H,5,15H2,1-4H3/b11-6-,20-17-. The lowest BCUT2D eigenvalue weighted by molar-refractivity contribution is -0.137. The summed E-state index contributed by atoms with van der Waals surface area (Å²) in [5, 5.41) is 0. The van der Waals surface area contributed by atoms with Gasteiger partial charge in [-0.3, -0.25) is 0 Å². The summed E-state index contributed by atoms with van der Waals surface area (Å²) in [7, 11) is 4.09. The van der Waals surface area contributed by atoms with E-state index in [9.17, 15) is 13.2 Å². The van der Waals surface area contributed by atoms with E-state index in [0.717, 1.165) is 41.6 Å². The third-order valence-corrected chi connectivity index (χ3v) is 5.47. The summed E-state index contributed by atoms with van der Waals surface area (Å²) in [6.07, 6.45) is 9.08. The molecule has 0 saturated heterocycles. The number of hydrogen-bond donors (Lipinski definition) is 0. The Balaban J connectivity index is 2.06. The van der Waals surface area contributed by atoms with Gasteiger partial charge in [0.1, 0.15) is 0 Å². The van der Waals surface area contributed by atoms with E-state index in [2.05, 4.69) is 47.2 Å². The zero-order valence-corrected chi connectivity index (χ0v) is 17.3. The van der Waals surface area contributed by atoms with Gasteiger partial charge >= 0.3 is 6.18 Å². The second-order valence-corrected chi connectivity index (χ2v) is 7.44. The molecule has 29 heavy (non-hydrogen) atoms. The van der Waals surface area contributed by atoms with Crippen molar-refractivity contribution in [3.8, 4) is 0 Å². The average molecular weight is 400 g/mol. The topological polar surface area (TPSA) is 6.48 Å². The Morgan fingerprint density at radius 1 is 1.17 bits per heavy atom. The molecule has 2 aliphatic rings. The van der Waals surface area contributed by atoms with Crippen molar-refractivity contribution in [1.29, 1.82) is 0 Å². The molecule has 0 bridgehead atoms. The molecule has 0 amide bonds. The van der Waals surface area contributed by atoms with Crippen LogP contribution < -0.4 is 0 Å². The summed E-state index contributed by atoms with van der Waals surface area (Å²) in [4.78, 5) is 4.37. The fraction of sp³-hybridized carbons (Fsp3) is 0.333. The summed E-state index contributed by atoms with van der Waals surface area (Å²) in [5.41, 5.74) is 4.08. The highest BCUT2D eigenvalue weighted by Crippen LogP contribution is 2.35. The molecule has 0 aromatic heterocycles. The molecule has 0 saturated carbocycles. The maximum Gasteiger partial charge on any atom is 0.416 e. The van der Waals surface area contributed by atoms with Crippen LogP contribution in [0.1, 0.15) is 31.4 Å². The van der Waals surface area contributed by atoms with E-state index < -0.39 is 11.7 Å². The normalized spacial score (nSPS) is 20.4. The van der Waals surface area contributed by atoms with E-state index in [1.54, 1.807) is 6.07 Å². The molecule has 3 rings (SSSR count). The van der Waals surface area contributed by atoms with Crippen molar-refractivity contribution in [2.75, 3.05) is 20.6 Å². The molecule has 0 aliphatic carbocycles. The minimum Gasteiger partial charge on any atom is -0.369 e. The fourth-order valence-electron chi connectivity index (χ4n) is 3.77. The summed E-state index contributed by atoms with van der Waals surface area (Å²) >= 11 is 0. The van der Waals surface area contributed by atoms with Gasteiger partial charge in [-0.15, -0.1) is 0 Å². The fourth-order valence-corrected chi connectivity index (χ4v) is 3.77. The van der Waals surface area contributed by atoms with Crippen molar-refractivity contribution in [2.45, 2.75) is 32.5 Å². The Morgan fingerprint density at radius 2 is 1.93 bits per heavy atom. The van der Waals surface area contributed by atoms with Crippen molar-refractivity contribution >= 4 is 5.57 Å². The zero-order valence-electron chi connectivity index (χ0n) is 17.3. The van der Waals surface area contributed by atoms with Crippen LogP contribution in [0, 0.1) is 0 Å². The smallest absolute Gasteiger partial charge is 0.369 e. The summed E-state index contributed by atoms with van der Waals surface area (Å²) < 4.78 is 39.6. The van der Waals surface area contributed by atoms with Crippen LogP contribution in [0.3, 0.4) is 0 Å². The molecule has 1 atom stereocenters. The molecule has 1 aromatic rings. The first-order valence-electron chi connectivity index (χ1n) is 9.82. The number of benzene rings is 1. The van der Waals surface area contributed by atoms with Gasteiger partial charge in [0.2, 0.25) is 0 Å². The SMILES string of the molecule is CC/C=C\C(=C(/C)c1cccc(C(F)(F)F)c1)C1C=CC2=C(C=CCN2C)N1C.